The van der Waals surface area contributed by atoms with Crippen molar-refractivity contribution in [2.75, 3.05) is 7.11 Å². The van der Waals surface area contributed by atoms with Gasteiger partial charge in [0.15, 0.2) is 0 Å². The zero-order valence-corrected chi connectivity index (χ0v) is 9.01. The first-order chi connectivity index (χ1) is 6.29. The van der Waals surface area contributed by atoms with Crippen molar-refractivity contribution >= 4 is 12.4 Å². The molecule has 2 rings (SSSR count). The smallest absolute Gasteiger partial charge is 0.213 e. The first kappa shape index (κ1) is 11.3. The number of hydrogen-bond acceptors (Lipinski definition) is 3. The van der Waals surface area contributed by atoms with Gasteiger partial charge in [-0.25, -0.2) is 4.98 Å². The van der Waals surface area contributed by atoms with Crippen LogP contribution in [0, 0.1) is 0 Å². The van der Waals surface area contributed by atoms with E-state index in [1.807, 2.05) is 6.07 Å². The number of hydrogen-bond donors (Lipinski definition) is 1. The molecule has 14 heavy (non-hydrogen) atoms. The summed E-state index contributed by atoms with van der Waals surface area (Å²) in [6, 6.07) is 4.28. The van der Waals surface area contributed by atoms with Gasteiger partial charge in [0.25, 0.3) is 0 Å². The van der Waals surface area contributed by atoms with Crippen LogP contribution in [0.3, 0.4) is 0 Å². The van der Waals surface area contributed by atoms with Crippen LogP contribution >= 0.6 is 12.4 Å². The summed E-state index contributed by atoms with van der Waals surface area (Å²) in [5.41, 5.74) is 8.29. The largest absolute Gasteiger partial charge is 0.481 e. The number of ether oxygens (including phenoxy) is 1. The van der Waals surface area contributed by atoms with Crippen molar-refractivity contribution < 1.29 is 4.74 Å². The van der Waals surface area contributed by atoms with E-state index in [4.69, 9.17) is 10.5 Å². The minimum Gasteiger partial charge on any atom is -0.481 e. The first-order valence-corrected chi connectivity index (χ1v) is 4.58. The normalized spacial score (nSPS) is 19.4. The van der Waals surface area contributed by atoms with E-state index in [0.717, 1.165) is 25.0 Å². The molecule has 0 amide bonds. The molecule has 1 aliphatic rings. The standard InChI is InChI=1S/C10H14N2O.ClH/c1-13-10-5-2-7-6-8(11)3-4-9(7)12-10;/h2,5,8H,3-4,6,11H2,1H3;1H. The fourth-order valence-electron chi connectivity index (χ4n) is 1.73. The zero-order valence-electron chi connectivity index (χ0n) is 8.19. The molecule has 1 aliphatic carbocycles. The van der Waals surface area contributed by atoms with Gasteiger partial charge in [-0.05, 0) is 24.8 Å². The van der Waals surface area contributed by atoms with Crippen LogP contribution in [0.25, 0.3) is 0 Å². The summed E-state index contributed by atoms with van der Waals surface area (Å²) < 4.78 is 5.06. The van der Waals surface area contributed by atoms with Gasteiger partial charge >= 0.3 is 0 Å². The SMILES string of the molecule is COc1ccc2c(n1)CCC(N)C2.Cl. The van der Waals surface area contributed by atoms with Crippen LogP contribution in [-0.4, -0.2) is 18.1 Å². The minimum atomic E-state index is 0. The lowest BCUT2D eigenvalue weighted by Crippen LogP contribution is -2.28. The maximum Gasteiger partial charge on any atom is 0.213 e. The summed E-state index contributed by atoms with van der Waals surface area (Å²) in [4.78, 5) is 4.39. The van der Waals surface area contributed by atoms with Gasteiger partial charge in [0.05, 0.1) is 7.11 Å². The van der Waals surface area contributed by atoms with Gasteiger partial charge in [-0.1, -0.05) is 6.07 Å². The summed E-state index contributed by atoms with van der Waals surface area (Å²) in [5.74, 6) is 0.703. The fraction of sp³-hybridized carbons (Fsp3) is 0.500. The van der Waals surface area contributed by atoms with Gasteiger partial charge in [0.2, 0.25) is 5.88 Å². The maximum atomic E-state index is 5.86. The van der Waals surface area contributed by atoms with Crippen LogP contribution in [0.5, 0.6) is 5.88 Å². The third-order valence-corrected chi connectivity index (χ3v) is 2.49. The number of nitrogens with zero attached hydrogens (tertiary/aromatic N) is 1. The molecule has 0 aromatic carbocycles. The summed E-state index contributed by atoms with van der Waals surface area (Å²) in [6.45, 7) is 0. The molecule has 3 nitrogen and oxygen atoms in total. The summed E-state index contributed by atoms with van der Waals surface area (Å²) in [5, 5.41) is 0. The van der Waals surface area contributed by atoms with E-state index < -0.39 is 0 Å². The topological polar surface area (TPSA) is 48.1 Å². The van der Waals surface area contributed by atoms with E-state index in [2.05, 4.69) is 11.1 Å². The molecule has 4 heteroatoms. The van der Waals surface area contributed by atoms with E-state index in [1.165, 1.54) is 5.56 Å². The monoisotopic (exact) mass is 214 g/mol. The third-order valence-electron chi connectivity index (χ3n) is 2.49. The molecule has 0 saturated heterocycles. The van der Waals surface area contributed by atoms with Crippen molar-refractivity contribution in [2.24, 2.45) is 5.73 Å². The Balaban J connectivity index is 0.000000980. The Morgan fingerprint density at radius 1 is 1.50 bits per heavy atom. The number of rotatable bonds is 1. The van der Waals surface area contributed by atoms with E-state index >= 15 is 0 Å². The van der Waals surface area contributed by atoms with Crippen LogP contribution in [-0.2, 0) is 12.8 Å². The molecule has 0 fully saturated rings. The van der Waals surface area contributed by atoms with Gasteiger partial charge < -0.3 is 10.5 Å². The second-order valence-corrected chi connectivity index (χ2v) is 3.46. The van der Waals surface area contributed by atoms with Crippen molar-refractivity contribution in [3.8, 4) is 5.88 Å². The molecule has 1 unspecified atom stereocenters. The van der Waals surface area contributed by atoms with Crippen molar-refractivity contribution in [1.29, 1.82) is 0 Å². The molecular weight excluding hydrogens is 200 g/mol. The Bertz CT molecular complexity index is 317. The van der Waals surface area contributed by atoms with Crippen molar-refractivity contribution in [2.45, 2.75) is 25.3 Å². The molecular formula is C10H15ClN2O. The molecule has 78 valence electrons. The number of nitrogens with two attached hydrogens (primary N) is 1. The van der Waals surface area contributed by atoms with Gasteiger partial charge in [-0.3, -0.25) is 0 Å². The Labute approximate surface area is 90.1 Å². The van der Waals surface area contributed by atoms with Crippen LogP contribution in [0.2, 0.25) is 0 Å². The predicted octanol–water partition coefficient (Wildman–Crippen LogP) is 1.33. The highest BCUT2D eigenvalue weighted by Crippen LogP contribution is 2.21. The maximum absolute atomic E-state index is 5.86. The van der Waals surface area contributed by atoms with Gasteiger partial charge in [0.1, 0.15) is 0 Å². The lowest BCUT2D eigenvalue weighted by molar-refractivity contribution is 0.394. The van der Waals surface area contributed by atoms with Gasteiger partial charge in [-0.2, -0.15) is 0 Å². The summed E-state index contributed by atoms with van der Waals surface area (Å²) in [7, 11) is 1.64. The Morgan fingerprint density at radius 3 is 3.00 bits per heavy atom. The zero-order chi connectivity index (χ0) is 9.26. The van der Waals surface area contributed by atoms with Crippen LogP contribution in [0.4, 0.5) is 0 Å². The highest BCUT2D eigenvalue weighted by Gasteiger charge is 2.16. The lowest BCUT2D eigenvalue weighted by atomic mass is 9.92. The van der Waals surface area contributed by atoms with Crippen molar-refractivity contribution in [3.05, 3.63) is 23.4 Å². The fourth-order valence-corrected chi connectivity index (χ4v) is 1.73. The predicted molar refractivity (Wildman–Crippen MR) is 58.0 cm³/mol. The second-order valence-electron chi connectivity index (χ2n) is 3.46. The van der Waals surface area contributed by atoms with Crippen molar-refractivity contribution in [1.82, 2.24) is 4.98 Å². The molecule has 0 aliphatic heterocycles. The summed E-state index contributed by atoms with van der Waals surface area (Å²) in [6.07, 6.45) is 2.97. The van der Waals surface area contributed by atoms with E-state index in [9.17, 15) is 0 Å². The number of pyridine rings is 1. The number of fused-ring (bicyclic) bond motifs is 1. The van der Waals surface area contributed by atoms with Gasteiger partial charge in [0, 0.05) is 17.8 Å². The third kappa shape index (κ3) is 2.16. The Kier molecular flexibility index (Phi) is 3.72. The number of aromatic nitrogens is 1. The van der Waals surface area contributed by atoms with Gasteiger partial charge in [-0.15, -0.1) is 12.4 Å². The highest BCUT2D eigenvalue weighted by atomic mass is 35.5. The average molecular weight is 215 g/mol. The molecule has 0 saturated carbocycles. The van der Waals surface area contributed by atoms with Crippen LogP contribution in [0.15, 0.2) is 12.1 Å². The highest BCUT2D eigenvalue weighted by molar-refractivity contribution is 5.85. The lowest BCUT2D eigenvalue weighted by Gasteiger charge is -2.20. The van der Waals surface area contributed by atoms with Crippen molar-refractivity contribution in [3.63, 3.8) is 0 Å². The molecule has 1 atom stereocenters. The Morgan fingerprint density at radius 2 is 2.29 bits per heavy atom. The van der Waals surface area contributed by atoms with E-state index in [-0.39, 0.29) is 12.4 Å². The summed E-state index contributed by atoms with van der Waals surface area (Å²) >= 11 is 0. The molecule has 0 radical (unpaired) electrons. The quantitative estimate of drug-likeness (QED) is 0.768. The Hall–Kier alpha value is -0.800. The number of aryl methyl sites for hydroxylation is 1. The van der Waals surface area contributed by atoms with E-state index in [1.54, 1.807) is 7.11 Å². The molecule has 0 bridgehead atoms. The van der Waals surface area contributed by atoms with Crippen LogP contribution < -0.4 is 10.5 Å². The molecule has 2 N–H and O–H groups in total. The van der Waals surface area contributed by atoms with Crippen LogP contribution in [0.1, 0.15) is 17.7 Å². The molecule has 1 aromatic rings. The average Bonchev–Trinajstić information content (AvgIpc) is 2.17. The molecule has 0 spiro atoms. The minimum absolute atomic E-state index is 0. The number of methoxy groups -OCH3 is 1. The second kappa shape index (κ2) is 4.62. The van der Waals surface area contributed by atoms with E-state index in [0.29, 0.717) is 11.9 Å². The number of halogens is 1. The molecule has 1 aromatic heterocycles. The molecule has 1 heterocycles. The first-order valence-electron chi connectivity index (χ1n) is 4.58.